The monoisotopic (exact) mass is 261 g/mol. The number of carbonyl (C=O) groups excluding carboxylic acids is 1. The van der Waals surface area contributed by atoms with Crippen LogP contribution in [-0.4, -0.2) is 35.4 Å². The van der Waals surface area contributed by atoms with Crippen molar-refractivity contribution in [3.8, 4) is 0 Å². The Hall–Kier alpha value is -1.58. The first-order chi connectivity index (χ1) is 9.20. The van der Waals surface area contributed by atoms with Crippen LogP contribution in [0.25, 0.3) is 0 Å². The molecular formula is C15H23N3O. The van der Waals surface area contributed by atoms with Gasteiger partial charge in [-0.15, -0.1) is 0 Å². The van der Waals surface area contributed by atoms with E-state index in [0.29, 0.717) is 11.6 Å². The number of pyridine rings is 1. The summed E-state index contributed by atoms with van der Waals surface area (Å²) >= 11 is 0. The lowest BCUT2D eigenvalue weighted by molar-refractivity contribution is 0.0677. The number of nitrogens with one attached hydrogen (secondary N) is 1. The molecule has 1 aromatic heterocycles. The summed E-state index contributed by atoms with van der Waals surface area (Å²) in [6.07, 6.45) is 5.09. The summed E-state index contributed by atoms with van der Waals surface area (Å²) < 4.78 is 0. The molecule has 104 valence electrons. The van der Waals surface area contributed by atoms with Crippen molar-refractivity contribution in [2.45, 2.75) is 33.1 Å². The minimum atomic E-state index is 0.0618. The number of hydrogen-bond donors (Lipinski definition) is 1. The molecule has 2 rings (SSSR count). The van der Waals surface area contributed by atoms with Crippen molar-refractivity contribution in [1.82, 2.24) is 9.88 Å². The maximum atomic E-state index is 12.4. The van der Waals surface area contributed by atoms with Crippen LogP contribution in [0.1, 0.15) is 43.6 Å². The van der Waals surface area contributed by atoms with Crippen molar-refractivity contribution in [2.24, 2.45) is 5.92 Å². The highest BCUT2D eigenvalue weighted by Gasteiger charge is 2.22. The van der Waals surface area contributed by atoms with Crippen molar-refractivity contribution < 1.29 is 4.79 Å². The Kier molecular flexibility index (Phi) is 4.77. The summed E-state index contributed by atoms with van der Waals surface area (Å²) in [5, 5.41) is 3.29. The lowest BCUT2D eigenvalue weighted by Crippen LogP contribution is -2.39. The standard InChI is InChI=1S/C15H23N3O/c1-3-7-16-13-6-8-17-14(10-13)15(19)18-9-4-5-12(2)11-18/h6,8,10,12H,3-5,7,9,11H2,1-2H3,(H,16,17). The van der Waals surface area contributed by atoms with Crippen molar-refractivity contribution in [3.63, 3.8) is 0 Å². The van der Waals surface area contributed by atoms with Gasteiger partial charge in [0.05, 0.1) is 0 Å². The van der Waals surface area contributed by atoms with Gasteiger partial charge in [0.15, 0.2) is 0 Å². The molecule has 2 heterocycles. The van der Waals surface area contributed by atoms with Gasteiger partial charge >= 0.3 is 0 Å². The second-order valence-corrected chi connectivity index (χ2v) is 5.36. The zero-order chi connectivity index (χ0) is 13.7. The van der Waals surface area contributed by atoms with E-state index in [9.17, 15) is 4.79 Å². The van der Waals surface area contributed by atoms with Gasteiger partial charge in [-0.25, -0.2) is 0 Å². The van der Waals surface area contributed by atoms with Crippen LogP contribution in [-0.2, 0) is 0 Å². The molecule has 19 heavy (non-hydrogen) atoms. The summed E-state index contributed by atoms with van der Waals surface area (Å²) in [5.74, 6) is 0.658. The van der Waals surface area contributed by atoms with E-state index in [4.69, 9.17) is 0 Å². The van der Waals surface area contributed by atoms with Crippen molar-refractivity contribution in [3.05, 3.63) is 24.0 Å². The number of likely N-dealkylation sites (tertiary alicyclic amines) is 1. The first-order valence-corrected chi connectivity index (χ1v) is 7.20. The first kappa shape index (κ1) is 13.8. The molecule has 4 nitrogen and oxygen atoms in total. The second-order valence-electron chi connectivity index (χ2n) is 5.36. The summed E-state index contributed by atoms with van der Waals surface area (Å²) in [6, 6.07) is 3.77. The van der Waals surface area contributed by atoms with Gasteiger partial charge in [0.25, 0.3) is 5.91 Å². The van der Waals surface area contributed by atoms with Gasteiger partial charge in [-0.1, -0.05) is 13.8 Å². The Morgan fingerprint density at radius 1 is 1.58 bits per heavy atom. The average molecular weight is 261 g/mol. The van der Waals surface area contributed by atoms with Crippen LogP contribution in [0, 0.1) is 5.92 Å². The minimum Gasteiger partial charge on any atom is -0.385 e. The zero-order valence-electron chi connectivity index (χ0n) is 11.9. The van der Waals surface area contributed by atoms with Gasteiger partial charge in [-0.3, -0.25) is 9.78 Å². The van der Waals surface area contributed by atoms with Crippen molar-refractivity contribution in [2.75, 3.05) is 25.0 Å². The van der Waals surface area contributed by atoms with Gasteiger partial charge in [-0.2, -0.15) is 0 Å². The molecule has 0 radical (unpaired) electrons. The average Bonchev–Trinajstić information content (AvgIpc) is 2.44. The highest BCUT2D eigenvalue weighted by molar-refractivity contribution is 5.93. The third-order valence-electron chi connectivity index (χ3n) is 3.50. The minimum absolute atomic E-state index is 0.0618. The quantitative estimate of drug-likeness (QED) is 0.906. The summed E-state index contributed by atoms with van der Waals surface area (Å²) in [4.78, 5) is 18.6. The summed E-state index contributed by atoms with van der Waals surface area (Å²) in [7, 11) is 0. The molecule has 1 saturated heterocycles. The Bertz CT molecular complexity index is 433. The van der Waals surface area contributed by atoms with E-state index in [2.05, 4.69) is 24.1 Å². The van der Waals surface area contributed by atoms with E-state index in [1.54, 1.807) is 6.20 Å². The molecule has 1 aliphatic rings. The van der Waals surface area contributed by atoms with Gasteiger partial charge in [0.1, 0.15) is 5.69 Å². The molecule has 1 N–H and O–H groups in total. The van der Waals surface area contributed by atoms with Crippen LogP contribution < -0.4 is 5.32 Å². The molecule has 1 aliphatic heterocycles. The molecule has 0 spiro atoms. The Balaban J connectivity index is 2.05. The molecule has 0 aliphatic carbocycles. The van der Waals surface area contributed by atoms with E-state index in [0.717, 1.165) is 38.2 Å². The van der Waals surface area contributed by atoms with Crippen LogP contribution >= 0.6 is 0 Å². The molecule has 4 heteroatoms. The summed E-state index contributed by atoms with van der Waals surface area (Å²) in [6.45, 7) is 6.95. The van der Waals surface area contributed by atoms with Crippen LogP contribution in [0.3, 0.4) is 0 Å². The fraction of sp³-hybridized carbons (Fsp3) is 0.600. The van der Waals surface area contributed by atoms with Gasteiger partial charge < -0.3 is 10.2 Å². The molecule has 1 atom stereocenters. The number of piperidine rings is 1. The smallest absolute Gasteiger partial charge is 0.272 e. The van der Waals surface area contributed by atoms with Crippen LogP contribution in [0.5, 0.6) is 0 Å². The Morgan fingerprint density at radius 3 is 3.16 bits per heavy atom. The summed E-state index contributed by atoms with van der Waals surface area (Å²) in [5.41, 5.74) is 1.53. The molecule has 0 aromatic carbocycles. The third-order valence-corrected chi connectivity index (χ3v) is 3.50. The molecule has 0 bridgehead atoms. The molecule has 0 saturated carbocycles. The van der Waals surface area contributed by atoms with E-state index in [1.165, 1.54) is 6.42 Å². The van der Waals surface area contributed by atoms with Crippen molar-refractivity contribution >= 4 is 11.6 Å². The van der Waals surface area contributed by atoms with E-state index >= 15 is 0 Å². The molecule has 1 unspecified atom stereocenters. The van der Waals surface area contributed by atoms with E-state index < -0.39 is 0 Å². The largest absolute Gasteiger partial charge is 0.385 e. The van der Waals surface area contributed by atoms with Gasteiger partial charge in [-0.05, 0) is 37.3 Å². The predicted molar refractivity (Wildman–Crippen MR) is 77.3 cm³/mol. The van der Waals surface area contributed by atoms with Crippen LogP contribution in [0.2, 0.25) is 0 Å². The van der Waals surface area contributed by atoms with Crippen LogP contribution in [0.4, 0.5) is 5.69 Å². The Morgan fingerprint density at radius 2 is 2.42 bits per heavy atom. The second kappa shape index (κ2) is 6.55. The lowest BCUT2D eigenvalue weighted by Gasteiger charge is -2.30. The number of carbonyl (C=O) groups is 1. The first-order valence-electron chi connectivity index (χ1n) is 7.20. The van der Waals surface area contributed by atoms with Crippen molar-refractivity contribution in [1.29, 1.82) is 0 Å². The predicted octanol–water partition coefficient (Wildman–Crippen LogP) is 2.78. The molecule has 1 fully saturated rings. The number of nitrogens with zero attached hydrogens (tertiary/aromatic N) is 2. The number of anilines is 1. The number of amides is 1. The van der Waals surface area contributed by atoms with Gasteiger partial charge in [0, 0.05) is 31.5 Å². The maximum Gasteiger partial charge on any atom is 0.272 e. The SMILES string of the molecule is CCCNc1ccnc(C(=O)N2CCCC(C)C2)c1. The van der Waals surface area contributed by atoms with E-state index in [-0.39, 0.29) is 5.91 Å². The Labute approximate surface area is 115 Å². The van der Waals surface area contributed by atoms with Gasteiger partial charge in [0.2, 0.25) is 0 Å². The van der Waals surface area contributed by atoms with E-state index in [1.807, 2.05) is 17.0 Å². The number of rotatable bonds is 4. The number of aromatic nitrogens is 1. The number of hydrogen-bond acceptors (Lipinski definition) is 3. The molecular weight excluding hydrogens is 238 g/mol. The topological polar surface area (TPSA) is 45.2 Å². The zero-order valence-corrected chi connectivity index (χ0v) is 11.9. The molecule has 1 aromatic rings. The third kappa shape index (κ3) is 3.69. The highest BCUT2D eigenvalue weighted by Crippen LogP contribution is 2.18. The van der Waals surface area contributed by atoms with Crippen LogP contribution in [0.15, 0.2) is 18.3 Å². The highest BCUT2D eigenvalue weighted by atomic mass is 16.2. The maximum absolute atomic E-state index is 12.4. The fourth-order valence-corrected chi connectivity index (χ4v) is 2.46. The molecule has 1 amide bonds. The lowest BCUT2D eigenvalue weighted by atomic mass is 10.00. The normalized spacial score (nSPS) is 19.3. The fourth-order valence-electron chi connectivity index (χ4n) is 2.46.